The van der Waals surface area contributed by atoms with Crippen molar-refractivity contribution in [3.05, 3.63) is 28.8 Å². The highest BCUT2D eigenvalue weighted by atomic mass is 35.5. The Morgan fingerprint density at radius 1 is 1.53 bits per heavy atom. The number of halogens is 1. The Hall–Kier alpha value is -1.33. The molecule has 0 spiro atoms. The smallest absolute Gasteiger partial charge is 0.255 e. The molecular weight excluding hydrogens is 260 g/mol. The second kappa shape index (κ2) is 4.89. The third-order valence-corrected chi connectivity index (χ3v) is 2.99. The van der Waals surface area contributed by atoms with E-state index in [-0.39, 0.29) is 16.3 Å². The summed E-state index contributed by atoms with van der Waals surface area (Å²) >= 11 is 10.5. The maximum absolute atomic E-state index is 11.9. The standard InChI is InChI=1S/C11H13ClN2O2S/c1-11(2,10(13)17)14-9(16)7-4-3-6(12)5-8(7)15/h3-5,15H,1-2H3,(H2,13,17)(H,14,16). The van der Waals surface area contributed by atoms with Crippen LogP contribution < -0.4 is 11.1 Å². The van der Waals surface area contributed by atoms with E-state index in [2.05, 4.69) is 5.32 Å². The first-order valence-corrected chi connectivity index (χ1v) is 5.63. The van der Waals surface area contributed by atoms with Gasteiger partial charge in [-0.2, -0.15) is 0 Å². The number of hydrogen-bond acceptors (Lipinski definition) is 3. The number of nitrogens with one attached hydrogen (secondary N) is 1. The molecule has 0 bridgehead atoms. The number of amides is 1. The molecule has 0 fully saturated rings. The summed E-state index contributed by atoms with van der Waals surface area (Å²) in [4.78, 5) is 12.0. The topological polar surface area (TPSA) is 75.3 Å². The average molecular weight is 273 g/mol. The van der Waals surface area contributed by atoms with Crippen LogP contribution in [-0.4, -0.2) is 21.5 Å². The van der Waals surface area contributed by atoms with E-state index in [0.717, 1.165) is 0 Å². The van der Waals surface area contributed by atoms with Gasteiger partial charge in [0.2, 0.25) is 0 Å². The van der Waals surface area contributed by atoms with Crippen LogP contribution in [0.5, 0.6) is 5.75 Å². The van der Waals surface area contributed by atoms with Crippen molar-refractivity contribution in [1.82, 2.24) is 5.32 Å². The molecule has 0 aliphatic heterocycles. The molecule has 0 saturated heterocycles. The molecule has 92 valence electrons. The van der Waals surface area contributed by atoms with Gasteiger partial charge in [0.05, 0.1) is 16.1 Å². The number of carbonyl (C=O) groups excluding carboxylic acids is 1. The summed E-state index contributed by atoms with van der Waals surface area (Å²) in [6, 6.07) is 4.25. The molecule has 0 aliphatic rings. The Labute approximate surface area is 110 Å². The molecule has 1 aromatic rings. The van der Waals surface area contributed by atoms with Gasteiger partial charge in [-0.3, -0.25) is 4.79 Å². The highest BCUT2D eigenvalue weighted by molar-refractivity contribution is 7.80. The van der Waals surface area contributed by atoms with Gasteiger partial charge in [-0.05, 0) is 32.0 Å². The molecule has 0 heterocycles. The minimum atomic E-state index is -0.821. The maximum atomic E-state index is 11.9. The van der Waals surface area contributed by atoms with Crippen LogP contribution in [0.3, 0.4) is 0 Å². The summed E-state index contributed by atoms with van der Waals surface area (Å²) in [6.45, 7) is 3.36. The molecule has 0 atom stereocenters. The average Bonchev–Trinajstić information content (AvgIpc) is 2.15. The summed E-state index contributed by atoms with van der Waals surface area (Å²) in [6.07, 6.45) is 0. The molecule has 1 aromatic carbocycles. The van der Waals surface area contributed by atoms with E-state index in [1.165, 1.54) is 18.2 Å². The van der Waals surface area contributed by atoms with Crippen LogP contribution in [0.4, 0.5) is 0 Å². The minimum Gasteiger partial charge on any atom is -0.507 e. The van der Waals surface area contributed by atoms with Gasteiger partial charge in [-0.1, -0.05) is 23.8 Å². The fourth-order valence-corrected chi connectivity index (χ4v) is 1.33. The van der Waals surface area contributed by atoms with E-state index < -0.39 is 11.4 Å². The predicted octanol–water partition coefficient (Wildman–Crippen LogP) is 1.84. The minimum absolute atomic E-state index is 0.124. The fraction of sp³-hybridized carbons (Fsp3) is 0.273. The lowest BCUT2D eigenvalue weighted by Crippen LogP contribution is -2.52. The van der Waals surface area contributed by atoms with Crippen molar-refractivity contribution >= 4 is 34.7 Å². The Kier molecular flexibility index (Phi) is 3.95. The molecule has 0 radical (unpaired) electrons. The van der Waals surface area contributed by atoms with Gasteiger partial charge in [0.15, 0.2) is 0 Å². The van der Waals surface area contributed by atoms with Crippen LogP contribution in [0.15, 0.2) is 18.2 Å². The summed E-state index contributed by atoms with van der Waals surface area (Å²) in [5.74, 6) is -0.647. The van der Waals surface area contributed by atoms with Crippen LogP contribution in [-0.2, 0) is 0 Å². The number of benzene rings is 1. The molecule has 6 heteroatoms. The SMILES string of the molecule is CC(C)(NC(=O)c1ccc(Cl)cc1O)C(N)=S. The number of nitrogens with two attached hydrogens (primary N) is 1. The van der Waals surface area contributed by atoms with Gasteiger partial charge in [0.1, 0.15) is 5.75 Å². The van der Waals surface area contributed by atoms with E-state index in [9.17, 15) is 9.90 Å². The van der Waals surface area contributed by atoms with E-state index in [1.54, 1.807) is 13.8 Å². The van der Waals surface area contributed by atoms with E-state index >= 15 is 0 Å². The highest BCUT2D eigenvalue weighted by Crippen LogP contribution is 2.22. The summed E-state index contributed by atoms with van der Waals surface area (Å²) in [5.41, 5.74) is 4.79. The van der Waals surface area contributed by atoms with E-state index in [1.807, 2.05) is 0 Å². The first-order chi connectivity index (χ1) is 7.74. The Bertz CT molecular complexity index is 475. The predicted molar refractivity (Wildman–Crippen MR) is 71.4 cm³/mol. The molecule has 0 aliphatic carbocycles. The quantitative estimate of drug-likeness (QED) is 0.734. The second-order valence-corrected chi connectivity index (χ2v) is 4.98. The van der Waals surface area contributed by atoms with Crippen LogP contribution in [0.1, 0.15) is 24.2 Å². The van der Waals surface area contributed by atoms with Crippen molar-refractivity contribution in [3.63, 3.8) is 0 Å². The Balaban J connectivity index is 2.95. The molecule has 0 unspecified atom stereocenters. The lowest BCUT2D eigenvalue weighted by atomic mass is 10.0. The molecule has 17 heavy (non-hydrogen) atoms. The number of phenols is 1. The summed E-state index contributed by atoms with van der Waals surface area (Å²) in [5, 5.41) is 12.6. The van der Waals surface area contributed by atoms with Crippen LogP contribution in [0.2, 0.25) is 5.02 Å². The second-order valence-electron chi connectivity index (χ2n) is 4.10. The number of aromatic hydroxyl groups is 1. The molecule has 4 nitrogen and oxygen atoms in total. The van der Waals surface area contributed by atoms with Gasteiger partial charge in [-0.25, -0.2) is 0 Å². The third-order valence-electron chi connectivity index (χ3n) is 2.25. The van der Waals surface area contributed by atoms with Crippen LogP contribution in [0, 0.1) is 0 Å². The summed E-state index contributed by atoms with van der Waals surface area (Å²) < 4.78 is 0. The number of rotatable bonds is 3. The summed E-state index contributed by atoms with van der Waals surface area (Å²) in [7, 11) is 0. The zero-order chi connectivity index (χ0) is 13.2. The number of thiocarbonyl (C=S) groups is 1. The zero-order valence-corrected chi connectivity index (χ0v) is 11.0. The molecule has 0 aromatic heterocycles. The van der Waals surface area contributed by atoms with Gasteiger partial charge < -0.3 is 16.2 Å². The first-order valence-electron chi connectivity index (χ1n) is 4.85. The normalized spacial score (nSPS) is 11.0. The van der Waals surface area contributed by atoms with Gasteiger partial charge in [0.25, 0.3) is 5.91 Å². The molecule has 1 amide bonds. The van der Waals surface area contributed by atoms with Crippen molar-refractivity contribution < 1.29 is 9.90 Å². The molecule has 0 saturated carbocycles. The van der Waals surface area contributed by atoms with Gasteiger partial charge in [0, 0.05) is 5.02 Å². The Morgan fingerprint density at radius 2 is 2.12 bits per heavy atom. The first kappa shape index (κ1) is 13.7. The fourth-order valence-electron chi connectivity index (χ4n) is 1.11. The van der Waals surface area contributed by atoms with Crippen molar-refractivity contribution in [1.29, 1.82) is 0 Å². The largest absolute Gasteiger partial charge is 0.507 e. The van der Waals surface area contributed by atoms with Crippen molar-refractivity contribution in [3.8, 4) is 5.75 Å². The third kappa shape index (κ3) is 3.31. The highest BCUT2D eigenvalue weighted by Gasteiger charge is 2.25. The number of carbonyl (C=O) groups is 1. The monoisotopic (exact) mass is 272 g/mol. The van der Waals surface area contributed by atoms with E-state index in [4.69, 9.17) is 29.6 Å². The van der Waals surface area contributed by atoms with Gasteiger partial charge in [-0.15, -0.1) is 0 Å². The lowest BCUT2D eigenvalue weighted by molar-refractivity contribution is 0.0929. The van der Waals surface area contributed by atoms with E-state index in [0.29, 0.717) is 5.02 Å². The van der Waals surface area contributed by atoms with Gasteiger partial charge >= 0.3 is 0 Å². The zero-order valence-electron chi connectivity index (χ0n) is 9.45. The van der Waals surface area contributed by atoms with Crippen molar-refractivity contribution in [2.75, 3.05) is 0 Å². The number of hydrogen-bond donors (Lipinski definition) is 3. The van der Waals surface area contributed by atoms with Crippen molar-refractivity contribution in [2.45, 2.75) is 19.4 Å². The maximum Gasteiger partial charge on any atom is 0.255 e. The molecular formula is C11H13ClN2O2S. The lowest BCUT2D eigenvalue weighted by Gasteiger charge is -2.24. The molecule has 4 N–H and O–H groups in total. The molecule has 1 rings (SSSR count). The van der Waals surface area contributed by atoms with Crippen LogP contribution >= 0.6 is 23.8 Å². The number of phenolic OH excluding ortho intramolecular Hbond substituents is 1. The van der Waals surface area contributed by atoms with Crippen LogP contribution in [0.25, 0.3) is 0 Å². The van der Waals surface area contributed by atoms with Crippen molar-refractivity contribution in [2.24, 2.45) is 5.73 Å². The Morgan fingerprint density at radius 3 is 2.59 bits per heavy atom.